The zero-order valence-electron chi connectivity index (χ0n) is 11.9. The maximum atomic E-state index is 11.8. The van der Waals surface area contributed by atoms with Crippen LogP contribution in [-0.4, -0.2) is 78.4 Å². The van der Waals surface area contributed by atoms with Crippen molar-refractivity contribution in [2.45, 2.75) is 25.9 Å². The molecule has 7 heteroatoms. The second-order valence-corrected chi connectivity index (χ2v) is 4.61. The Balaban J connectivity index is 3.91. The molecule has 0 aromatic carbocycles. The van der Waals surface area contributed by atoms with Crippen molar-refractivity contribution in [2.24, 2.45) is 0 Å². The van der Waals surface area contributed by atoms with E-state index < -0.39 is 12.1 Å². The Morgan fingerprint density at radius 3 is 2.37 bits per heavy atom. The van der Waals surface area contributed by atoms with Crippen molar-refractivity contribution >= 4 is 12.0 Å². The van der Waals surface area contributed by atoms with Crippen molar-refractivity contribution in [3.63, 3.8) is 0 Å². The normalized spacial score (nSPS) is 12.3. The van der Waals surface area contributed by atoms with Gasteiger partial charge in [0.05, 0.1) is 0 Å². The molecule has 0 aliphatic heterocycles. The standard InChI is InChI=1S/C12H25N3O4/c1-4-15(9-5-8-14(2)3)12(19)13-7-6-10(16)11(17)18/h10,16H,4-9H2,1-3H3,(H,13,19)(H,17,18). The number of aliphatic hydroxyl groups is 1. The van der Waals surface area contributed by atoms with Gasteiger partial charge in [0.25, 0.3) is 0 Å². The quantitative estimate of drug-likeness (QED) is 0.542. The number of amides is 2. The van der Waals surface area contributed by atoms with Gasteiger partial charge in [0.15, 0.2) is 6.10 Å². The van der Waals surface area contributed by atoms with Gasteiger partial charge in [0.2, 0.25) is 0 Å². The maximum Gasteiger partial charge on any atom is 0.332 e. The molecule has 0 aliphatic carbocycles. The van der Waals surface area contributed by atoms with E-state index in [0.29, 0.717) is 13.1 Å². The average molecular weight is 275 g/mol. The van der Waals surface area contributed by atoms with Crippen molar-refractivity contribution in [1.82, 2.24) is 15.1 Å². The fourth-order valence-corrected chi connectivity index (χ4v) is 1.53. The number of rotatable bonds is 9. The number of nitrogens with zero attached hydrogens (tertiary/aromatic N) is 2. The Kier molecular flexibility index (Phi) is 8.90. The van der Waals surface area contributed by atoms with Crippen LogP contribution in [0.25, 0.3) is 0 Å². The molecule has 19 heavy (non-hydrogen) atoms. The van der Waals surface area contributed by atoms with Gasteiger partial charge in [-0.05, 0) is 34.0 Å². The van der Waals surface area contributed by atoms with E-state index in [-0.39, 0.29) is 19.0 Å². The maximum absolute atomic E-state index is 11.8. The number of carboxylic acid groups (broad SMARTS) is 1. The van der Waals surface area contributed by atoms with Crippen LogP contribution in [0.4, 0.5) is 4.79 Å². The first kappa shape index (κ1) is 17.7. The van der Waals surface area contributed by atoms with Gasteiger partial charge in [-0.25, -0.2) is 9.59 Å². The lowest BCUT2D eigenvalue weighted by Crippen LogP contribution is -2.42. The summed E-state index contributed by atoms with van der Waals surface area (Å²) in [6.07, 6.45) is -0.536. The van der Waals surface area contributed by atoms with E-state index in [0.717, 1.165) is 13.0 Å². The van der Waals surface area contributed by atoms with Gasteiger partial charge < -0.3 is 25.3 Å². The number of carbonyl (C=O) groups excluding carboxylic acids is 1. The van der Waals surface area contributed by atoms with E-state index >= 15 is 0 Å². The number of hydrogen-bond acceptors (Lipinski definition) is 4. The third-order valence-electron chi connectivity index (χ3n) is 2.68. The molecule has 0 saturated carbocycles. The Morgan fingerprint density at radius 1 is 1.26 bits per heavy atom. The van der Waals surface area contributed by atoms with Crippen LogP contribution < -0.4 is 5.32 Å². The third-order valence-corrected chi connectivity index (χ3v) is 2.68. The van der Waals surface area contributed by atoms with Gasteiger partial charge in [0.1, 0.15) is 0 Å². The number of aliphatic carboxylic acids is 1. The minimum atomic E-state index is -1.43. The zero-order valence-corrected chi connectivity index (χ0v) is 11.9. The molecule has 0 bridgehead atoms. The Labute approximate surface area is 114 Å². The van der Waals surface area contributed by atoms with Crippen LogP contribution in [0.5, 0.6) is 0 Å². The van der Waals surface area contributed by atoms with Crippen LogP contribution in [0.3, 0.4) is 0 Å². The molecule has 2 amide bonds. The first-order valence-corrected chi connectivity index (χ1v) is 6.46. The van der Waals surface area contributed by atoms with Gasteiger partial charge in [-0.1, -0.05) is 0 Å². The molecule has 3 N–H and O–H groups in total. The van der Waals surface area contributed by atoms with Crippen molar-refractivity contribution < 1.29 is 19.8 Å². The molecule has 0 spiro atoms. The van der Waals surface area contributed by atoms with E-state index in [1.807, 2.05) is 21.0 Å². The number of urea groups is 1. The smallest absolute Gasteiger partial charge is 0.332 e. The highest BCUT2D eigenvalue weighted by atomic mass is 16.4. The van der Waals surface area contributed by atoms with Crippen molar-refractivity contribution in [1.29, 1.82) is 0 Å². The summed E-state index contributed by atoms with van der Waals surface area (Å²) in [6, 6.07) is -0.223. The summed E-state index contributed by atoms with van der Waals surface area (Å²) in [6.45, 7) is 4.20. The number of carbonyl (C=O) groups is 2. The van der Waals surface area contributed by atoms with Gasteiger partial charge in [0, 0.05) is 26.1 Å². The highest BCUT2D eigenvalue weighted by Crippen LogP contribution is 1.95. The van der Waals surface area contributed by atoms with E-state index in [9.17, 15) is 9.59 Å². The first-order chi connectivity index (χ1) is 8.88. The molecule has 0 fully saturated rings. The summed E-state index contributed by atoms with van der Waals surface area (Å²) in [5.74, 6) is -1.27. The summed E-state index contributed by atoms with van der Waals surface area (Å²) in [7, 11) is 3.95. The molecule has 0 radical (unpaired) electrons. The Bertz CT molecular complexity index is 284. The molecule has 0 aliphatic rings. The van der Waals surface area contributed by atoms with Crippen LogP contribution in [-0.2, 0) is 4.79 Å². The SMILES string of the molecule is CCN(CCCN(C)C)C(=O)NCCC(O)C(=O)O. The number of nitrogens with one attached hydrogen (secondary N) is 1. The molecule has 112 valence electrons. The molecule has 0 rings (SSSR count). The zero-order chi connectivity index (χ0) is 14.8. The summed E-state index contributed by atoms with van der Waals surface area (Å²) in [4.78, 5) is 25.9. The molecule has 0 heterocycles. The molecular formula is C12H25N3O4. The molecular weight excluding hydrogens is 250 g/mol. The fourth-order valence-electron chi connectivity index (χ4n) is 1.53. The molecule has 1 unspecified atom stereocenters. The predicted octanol–water partition coefficient (Wildman–Crippen LogP) is -0.195. The number of hydrogen-bond donors (Lipinski definition) is 3. The lowest BCUT2D eigenvalue weighted by Gasteiger charge is -2.22. The summed E-state index contributed by atoms with van der Waals surface area (Å²) < 4.78 is 0. The average Bonchev–Trinajstić information content (AvgIpc) is 2.33. The lowest BCUT2D eigenvalue weighted by atomic mass is 10.2. The molecule has 0 saturated heterocycles. The van der Waals surface area contributed by atoms with Crippen LogP contribution in [0.15, 0.2) is 0 Å². The monoisotopic (exact) mass is 275 g/mol. The van der Waals surface area contributed by atoms with Gasteiger partial charge in [-0.2, -0.15) is 0 Å². The van der Waals surface area contributed by atoms with Crippen LogP contribution >= 0.6 is 0 Å². The molecule has 1 atom stereocenters. The second kappa shape index (κ2) is 9.57. The van der Waals surface area contributed by atoms with Crippen LogP contribution in [0.2, 0.25) is 0 Å². The Morgan fingerprint density at radius 2 is 1.89 bits per heavy atom. The van der Waals surface area contributed by atoms with Gasteiger partial charge >= 0.3 is 12.0 Å². The highest BCUT2D eigenvalue weighted by molar-refractivity contribution is 5.74. The van der Waals surface area contributed by atoms with Gasteiger partial charge in [-0.15, -0.1) is 0 Å². The first-order valence-electron chi connectivity index (χ1n) is 6.46. The lowest BCUT2D eigenvalue weighted by molar-refractivity contribution is -0.146. The topological polar surface area (TPSA) is 93.1 Å². The second-order valence-electron chi connectivity index (χ2n) is 4.61. The summed E-state index contributed by atoms with van der Waals surface area (Å²) in [5, 5.41) is 20.2. The minimum absolute atomic E-state index is 0.0102. The summed E-state index contributed by atoms with van der Waals surface area (Å²) in [5.41, 5.74) is 0. The van der Waals surface area contributed by atoms with Crippen molar-refractivity contribution in [2.75, 3.05) is 40.3 Å². The fraction of sp³-hybridized carbons (Fsp3) is 0.833. The van der Waals surface area contributed by atoms with E-state index in [2.05, 4.69) is 10.2 Å². The summed E-state index contributed by atoms with van der Waals surface area (Å²) >= 11 is 0. The third kappa shape index (κ3) is 8.39. The predicted molar refractivity (Wildman–Crippen MR) is 72.1 cm³/mol. The van der Waals surface area contributed by atoms with Crippen LogP contribution in [0, 0.1) is 0 Å². The molecule has 7 nitrogen and oxygen atoms in total. The Hall–Kier alpha value is -1.34. The van der Waals surface area contributed by atoms with E-state index in [1.165, 1.54) is 0 Å². The molecule has 0 aromatic heterocycles. The van der Waals surface area contributed by atoms with E-state index in [1.54, 1.807) is 4.90 Å². The largest absolute Gasteiger partial charge is 0.479 e. The van der Waals surface area contributed by atoms with Crippen molar-refractivity contribution in [3.8, 4) is 0 Å². The minimum Gasteiger partial charge on any atom is -0.479 e. The van der Waals surface area contributed by atoms with E-state index in [4.69, 9.17) is 10.2 Å². The van der Waals surface area contributed by atoms with Crippen molar-refractivity contribution in [3.05, 3.63) is 0 Å². The highest BCUT2D eigenvalue weighted by Gasteiger charge is 2.15. The van der Waals surface area contributed by atoms with Gasteiger partial charge in [-0.3, -0.25) is 0 Å². The number of carboxylic acids is 1. The molecule has 0 aromatic rings. The number of aliphatic hydroxyl groups excluding tert-OH is 1. The van der Waals surface area contributed by atoms with Crippen LogP contribution in [0.1, 0.15) is 19.8 Å².